The molecule has 1 N–H and O–H groups in total. The minimum Gasteiger partial charge on any atom is -0.477 e. The zero-order valence-electron chi connectivity index (χ0n) is 15.8. The van der Waals surface area contributed by atoms with Crippen LogP contribution < -0.4 is 4.90 Å². The molecule has 2 aromatic heterocycles. The molecule has 146 valence electrons. The normalized spacial score (nSPS) is 14.6. The first kappa shape index (κ1) is 19.4. The molecule has 0 unspecified atom stereocenters. The van der Waals surface area contributed by atoms with Crippen LogP contribution in [0.5, 0.6) is 0 Å². The molecule has 0 spiro atoms. The van der Waals surface area contributed by atoms with Gasteiger partial charge in [-0.25, -0.2) is 4.79 Å². The lowest BCUT2D eigenvalue weighted by Crippen LogP contribution is -2.29. The lowest BCUT2D eigenvalue weighted by atomic mass is 10.1. The van der Waals surface area contributed by atoms with E-state index in [0.717, 1.165) is 27.7 Å². The van der Waals surface area contributed by atoms with Gasteiger partial charge in [0.25, 0.3) is 0 Å². The summed E-state index contributed by atoms with van der Waals surface area (Å²) in [4.78, 5) is 17.6. The summed E-state index contributed by atoms with van der Waals surface area (Å²) in [6.07, 6.45) is 5.30. The van der Waals surface area contributed by atoms with E-state index in [2.05, 4.69) is 41.3 Å². The van der Waals surface area contributed by atoms with Crippen molar-refractivity contribution in [3.05, 3.63) is 59.0 Å². The SMILES string of the molecule is N#C/C(=C\c1ccc(-c2ccc(-c3ccc(N4CCCCC4)cc3)s2)s1)C(=O)O. The number of thiophene rings is 2. The second-order valence-corrected chi connectivity index (χ2v) is 9.13. The van der Waals surface area contributed by atoms with Crippen LogP contribution in [0.3, 0.4) is 0 Å². The second kappa shape index (κ2) is 8.64. The van der Waals surface area contributed by atoms with E-state index in [9.17, 15) is 4.79 Å². The van der Waals surface area contributed by atoms with Crippen molar-refractivity contribution in [2.75, 3.05) is 18.0 Å². The zero-order chi connectivity index (χ0) is 20.2. The Bertz CT molecular complexity index is 1080. The lowest BCUT2D eigenvalue weighted by molar-refractivity contribution is -0.132. The number of benzene rings is 1. The van der Waals surface area contributed by atoms with Gasteiger partial charge in [0.05, 0.1) is 0 Å². The second-order valence-electron chi connectivity index (χ2n) is 6.94. The molecule has 4 rings (SSSR count). The Morgan fingerprint density at radius 1 is 0.931 bits per heavy atom. The van der Waals surface area contributed by atoms with E-state index in [4.69, 9.17) is 10.4 Å². The van der Waals surface area contributed by atoms with Crippen LogP contribution in [0.15, 0.2) is 54.1 Å². The summed E-state index contributed by atoms with van der Waals surface area (Å²) in [5, 5.41) is 17.9. The minimum absolute atomic E-state index is 0.251. The summed E-state index contributed by atoms with van der Waals surface area (Å²) >= 11 is 3.21. The number of piperidine rings is 1. The molecule has 1 fully saturated rings. The highest BCUT2D eigenvalue weighted by molar-refractivity contribution is 7.24. The maximum atomic E-state index is 11.0. The van der Waals surface area contributed by atoms with Crippen molar-refractivity contribution in [2.45, 2.75) is 19.3 Å². The first-order chi connectivity index (χ1) is 14.1. The molecule has 29 heavy (non-hydrogen) atoms. The fourth-order valence-electron chi connectivity index (χ4n) is 3.46. The third kappa shape index (κ3) is 4.42. The molecule has 3 aromatic rings. The molecule has 6 heteroatoms. The van der Waals surface area contributed by atoms with Crippen LogP contribution in [0.25, 0.3) is 26.3 Å². The molecule has 0 bridgehead atoms. The third-order valence-corrected chi connectivity index (χ3v) is 7.35. The Labute approximate surface area is 178 Å². The van der Waals surface area contributed by atoms with Crippen LogP contribution >= 0.6 is 22.7 Å². The van der Waals surface area contributed by atoms with Gasteiger partial charge in [0.1, 0.15) is 11.6 Å². The van der Waals surface area contributed by atoms with Crippen LogP contribution in [0, 0.1) is 11.3 Å². The van der Waals surface area contributed by atoms with Crippen molar-refractivity contribution in [3.8, 4) is 26.3 Å². The van der Waals surface area contributed by atoms with Gasteiger partial charge in [-0.15, -0.1) is 22.7 Å². The quantitative estimate of drug-likeness (QED) is 0.399. The number of carbonyl (C=O) groups is 1. The highest BCUT2D eigenvalue weighted by atomic mass is 32.1. The van der Waals surface area contributed by atoms with E-state index in [1.807, 2.05) is 12.1 Å². The first-order valence-electron chi connectivity index (χ1n) is 9.54. The molecule has 1 aliphatic heterocycles. The molecule has 1 aromatic carbocycles. The lowest BCUT2D eigenvalue weighted by Gasteiger charge is -2.28. The molecule has 4 nitrogen and oxygen atoms in total. The van der Waals surface area contributed by atoms with Crippen LogP contribution in [-0.4, -0.2) is 24.2 Å². The minimum atomic E-state index is -1.20. The van der Waals surface area contributed by atoms with Crippen molar-refractivity contribution >= 4 is 40.4 Å². The fraction of sp³-hybridized carbons (Fsp3) is 0.217. The molecule has 3 heterocycles. The summed E-state index contributed by atoms with van der Waals surface area (Å²) in [5.74, 6) is -1.20. The van der Waals surface area contributed by atoms with Gasteiger partial charge >= 0.3 is 5.97 Å². The third-order valence-electron chi connectivity index (χ3n) is 4.99. The number of nitrogens with zero attached hydrogens (tertiary/aromatic N) is 2. The molecule has 0 radical (unpaired) electrons. The van der Waals surface area contributed by atoms with E-state index in [1.165, 1.54) is 52.8 Å². The first-order valence-corrected chi connectivity index (χ1v) is 11.2. The molecule has 0 aliphatic carbocycles. The van der Waals surface area contributed by atoms with E-state index in [0.29, 0.717) is 0 Å². The Hall–Kier alpha value is -2.88. The summed E-state index contributed by atoms with van der Waals surface area (Å²) in [6, 6.07) is 18.6. The average Bonchev–Trinajstić information content (AvgIpc) is 3.42. The molecule has 0 saturated carbocycles. The molecular formula is C23H20N2O2S2. The molecule has 0 amide bonds. The molecule has 1 aliphatic rings. The van der Waals surface area contributed by atoms with Gasteiger partial charge in [-0.3, -0.25) is 0 Å². The van der Waals surface area contributed by atoms with Gasteiger partial charge in [0, 0.05) is 38.3 Å². The van der Waals surface area contributed by atoms with E-state index in [-0.39, 0.29) is 5.57 Å². The summed E-state index contributed by atoms with van der Waals surface area (Å²) in [7, 11) is 0. The van der Waals surface area contributed by atoms with E-state index in [1.54, 1.807) is 17.4 Å². The van der Waals surface area contributed by atoms with Crippen molar-refractivity contribution in [1.82, 2.24) is 0 Å². The van der Waals surface area contributed by atoms with E-state index >= 15 is 0 Å². The summed E-state index contributed by atoms with van der Waals surface area (Å²) in [6.45, 7) is 2.29. The summed E-state index contributed by atoms with van der Waals surface area (Å²) < 4.78 is 0. The van der Waals surface area contributed by atoms with Crippen molar-refractivity contribution in [1.29, 1.82) is 5.26 Å². The van der Waals surface area contributed by atoms with Gasteiger partial charge < -0.3 is 10.0 Å². The van der Waals surface area contributed by atoms with Gasteiger partial charge in [-0.1, -0.05) is 12.1 Å². The number of hydrogen-bond donors (Lipinski definition) is 1. The number of carboxylic acids is 1. The largest absolute Gasteiger partial charge is 0.477 e. The van der Waals surface area contributed by atoms with Crippen LogP contribution in [0.2, 0.25) is 0 Å². The van der Waals surface area contributed by atoms with E-state index < -0.39 is 5.97 Å². The topological polar surface area (TPSA) is 64.3 Å². The van der Waals surface area contributed by atoms with Gasteiger partial charge in [-0.2, -0.15) is 5.26 Å². The molecule has 0 atom stereocenters. The standard InChI is InChI=1S/C23H20N2O2S2/c24-15-17(23(26)27)14-19-8-9-21(28-19)22-11-10-20(29-22)16-4-6-18(7-5-16)25-12-2-1-3-13-25/h4-11,14H,1-3,12-13H2,(H,26,27)/b17-14+. The monoisotopic (exact) mass is 420 g/mol. The highest BCUT2D eigenvalue weighted by Gasteiger charge is 2.12. The Morgan fingerprint density at radius 2 is 1.59 bits per heavy atom. The number of rotatable bonds is 5. The number of hydrogen-bond acceptors (Lipinski definition) is 5. The van der Waals surface area contributed by atoms with Crippen molar-refractivity contribution in [3.63, 3.8) is 0 Å². The maximum absolute atomic E-state index is 11.0. The van der Waals surface area contributed by atoms with Crippen LogP contribution in [-0.2, 0) is 4.79 Å². The van der Waals surface area contributed by atoms with Gasteiger partial charge in [0.2, 0.25) is 0 Å². The van der Waals surface area contributed by atoms with Gasteiger partial charge in [-0.05, 0) is 67.3 Å². The fourth-order valence-corrected chi connectivity index (χ4v) is 5.51. The molecule has 1 saturated heterocycles. The van der Waals surface area contributed by atoms with Gasteiger partial charge in [0.15, 0.2) is 0 Å². The number of carboxylic acid groups (broad SMARTS) is 1. The Kier molecular flexibility index (Phi) is 5.79. The number of aliphatic carboxylic acids is 1. The predicted octanol–water partition coefficient (Wildman–Crippen LogP) is 6.13. The van der Waals surface area contributed by atoms with Crippen LogP contribution in [0.4, 0.5) is 5.69 Å². The van der Waals surface area contributed by atoms with Crippen molar-refractivity contribution < 1.29 is 9.90 Å². The highest BCUT2D eigenvalue weighted by Crippen LogP contribution is 2.38. The maximum Gasteiger partial charge on any atom is 0.346 e. The van der Waals surface area contributed by atoms with Crippen LogP contribution in [0.1, 0.15) is 24.1 Å². The zero-order valence-corrected chi connectivity index (χ0v) is 17.4. The predicted molar refractivity (Wildman–Crippen MR) is 120 cm³/mol. The summed E-state index contributed by atoms with van der Waals surface area (Å²) in [5.41, 5.74) is 2.25. The Morgan fingerprint density at radius 3 is 2.28 bits per heavy atom. The smallest absolute Gasteiger partial charge is 0.346 e. The number of nitriles is 1. The Balaban J connectivity index is 1.52. The van der Waals surface area contributed by atoms with Crippen molar-refractivity contribution in [2.24, 2.45) is 0 Å². The molecular weight excluding hydrogens is 400 g/mol. The number of anilines is 1. The average molecular weight is 421 g/mol.